The topological polar surface area (TPSA) is 158 Å². The van der Waals surface area contributed by atoms with Gasteiger partial charge in [0.2, 0.25) is 0 Å². The van der Waals surface area contributed by atoms with Gasteiger partial charge in [-0.25, -0.2) is 0 Å². The number of hydrogen-bond donors (Lipinski definition) is 0. The summed E-state index contributed by atoms with van der Waals surface area (Å²) in [6.07, 6.45) is -6.61. The van der Waals surface area contributed by atoms with E-state index in [1.165, 1.54) is 0 Å². The van der Waals surface area contributed by atoms with Gasteiger partial charge < -0.3 is 28.4 Å². The van der Waals surface area contributed by atoms with E-state index < -0.39 is 72.9 Å². The summed E-state index contributed by atoms with van der Waals surface area (Å²) in [5, 5.41) is 0. The normalized spacial score (nSPS) is 14.9. The maximum absolute atomic E-state index is 11.8. The van der Waals surface area contributed by atoms with E-state index in [1.54, 1.807) is 0 Å². The Balaban J connectivity index is 6.58. The molecule has 12 nitrogen and oxygen atoms in total. The van der Waals surface area contributed by atoms with E-state index in [1.807, 2.05) is 0 Å². The minimum Gasteiger partial charge on any atom is -0.462 e. The Bertz CT molecular complexity index is 728. The highest BCUT2D eigenvalue weighted by atomic mass is 16.6. The second-order valence-corrected chi connectivity index (χ2v) is 6.48. The van der Waals surface area contributed by atoms with Crippen LogP contribution in [-0.4, -0.2) is 72.9 Å². The lowest BCUT2D eigenvalue weighted by molar-refractivity contribution is -0.210. The Morgan fingerprint density at radius 1 is 0.594 bits per heavy atom. The van der Waals surface area contributed by atoms with Crippen molar-refractivity contribution in [3.8, 4) is 0 Å². The molecule has 0 radical (unpaired) electrons. The van der Waals surface area contributed by atoms with Crippen molar-refractivity contribution in [1.29, 1.82) is 0 Å². The Hall–Kier alpha value is -3.44. The molecule has 0 amide bonds. The molecule has 0 aromatic rings. The fourth-order valence-corrected chi connectivity index (χ4v) is 2.62. The van der Waals surface area contributed by atoms with Crippen molar-refractivity contribution in [2.45, 2.75) is 72.1 Å². The molecular formula is C20H28O12. The first-order chi connectivity index (χ1) is 14.8. The maximum atomic E-state index is 11.8. The Morgan fingerprint density at radius 3 is 1.38 bits per heavy atom. The molecular weight excluding hydrogens is 432 g/mol. The first kappa shape index (κ1) is 28.6. The van der Waals surface area contributed by atoms with Crippen LogP contribution in [0.15, 0.2) is 12.7 Å². The molecule has 0 saturated heterocycles. The molecule has 5 atom stereocenters. The quantitative estimate of drug-likeness (QED) is 0.224. The van der Waals surface area contributed by atoms with Crippen LogP contribution in [0.2, 0.25) is 0 Å². The van der Waals surface area contributed by atoms with Gasteiger partial charge in [-0.3, -0.25) is 28.8 Å². The van der Waals surface area contributed by atoms with Crippen LogP contribution in [0, 0.1) is 0 Å². The highest BCUT2D eigenvalue weighted by Crippen LogP contribution is 2.24. The van der Waals surface area contributed by atoms with Gasteiger partial charge in [0.15, 0.2) is 30.5 Å². The molecule has 32 heavy (non-hydrogen) atoms. The molecule has 0 aromatic carbocycles. The first-order valence-corrected chi connectivity index (χ1v) is 9.40. The van der Waals surface area contributed by atoms with Gasteiger partial charge in [0.25, 0.3) is 0 Å². The van der Waals surface area contributed by atoms with Gasteiger partial charge in [0, 0.05) is 41.5 Å². The summed E-state index contributed by atoms with van der Waals surface area (Å²) >= 11 is 0. The fraction of sp³-hybridized carbons (Fsp3) is 0.600. The van der Waals surface area contributed by atoms with Gasteiger partial charge in [-0.05, 0) is 6.08 Å². The lowest BCUT2D eigenvalue weighted by Gasteiger charge is -2.37. The average Bonchev–Trinajstić information content (AvgIpc) is 2.63. The van der Waals surface area contributed by atoms with Crippen molar-refractivity contribution < 1.29 is 57.2 Å². The number of hydrogen-bond acceptors (Lipinski definition) is 12. The number of carbonyl (C=O) groups is 6. The zero-order chi connectivity index (χ0) is 25.0. The molecule has 0 N–H and O–H groups in total. The Morgan fingerprint density at radius 2 is 1.00 bits per heavy atom. The van der Waals surface area contributed by atoms with Gasteiger partial charge in [0.05, 0.1) is 0 Å². The highest BCUT2D eigenvalue weighted by molar-refractivity contribution is 5.70. The van der Waals surface area contributed by atoms with Crippen LogP contribution in [0.1, 0.15) is 41.5 Å². The van der Waals surface area contributed by atoms with Gasteiger partial charge in [-0.1, -0.05) is 6.58 Å². The van der Waals surface area contributed by atoms with E-state index in [-0.39, 0.29) is 0 Å². The molecule has 0 aromatic heterocycles. The SMILES string of the molecule is C=CC(OC(C)=O)C(OC(C)=O)[C@H](OC(C)=O)[C@H](OC(C)=O)[C@@H](COC(C)=O)OC(C)=O. The molecule has 2 unspecified atom stereocenters. The smallest absolute Gasteiger partial charge is 0.303 e. The van der Waals surface area contributed by atoms with Crippen LogP contribution in [0.5, 0.6) is 0 Å². The Labute approximate surface area is 185 Å². The largest absolute Gasteiger partial charge is 0.462 e. The maximum Gasteiger partial charge on any atom is 0.303 e. The lowest BCUT2D eigenvalue weighted by Crippen LogP contribution is -2.56. The van der Waals surface area contributed by atoms with E-state index in [4.69, 9.17) is 28.4 Å². The summed E-state index contributed by atoms with van der Waals surface area (Å²) in [5.74, 6) is -5.02. The number of esters is 6. The molecule has 0 spiro atoms. The summed E-state index contributed by atoms with van der Waals surface area (Å²) in [6, 6.07) is 0. The van der Waals surface area contributed by atoms with E-state index in [0.717, 1.165) is 47.6 Å². The van der Waals surface area contributed by atoms with Crippen LogP contribution in [0.3, 0.4) is 0 Å². The van der Waals surface area contributed by atoms with Crippen LogP contribution in [0.25, 0.3) is 0 Å². The van der Waals surface area contributed by atoms with Gasteiger partial charge in [-0.2, -0.15) is 0 Å². The third-order valence-electron chi connectivity index (χ3n) is 3.55. The molecule has 180 valence electrons. The molecule has 0 bridgehead atoms. The predicted octanol–water partition coefficient (Wildman–Crippen LogP) is 0.394. The molecule has 0 rings (SSSR count). The third kappa shape index (κ3) is 11.1. The van der Waals surface area contributed by atoms with Crippen molar-refractivity contribution in [2.24, 2.45) is 0 Å². The molecule has 0 saturated carbocycles. The molecule has 0 aliphatic heterocycles. The molecule has 0 aliphatic carbocycles. The van der Waals surface area contributed by atoms with Gasteiger partial charge in [0.1, 0.15) is 6.61 Å². The minimum atomic E-state index is -1.66. The predicted molar refractivity (Wildman–Crippen MR) is 105 cm³/mol. The minimum absolute atomic E-state index is 0.594. The van der Waals surface area contributed by atoms with E-state index in [9.17, 15) is 28.8 Å². The van der Waals surface area contributed by atoms with Crippen LogP contribution < -0.4 is 0 Å². The standard InChI is InChI=1S/C20H28O12/c1-8-16(28-11(3)22)18(30-13(5)24)20(32-15(7)26)19(31-14(6)25)17(29-12(4)23)9-27-10(2)21/h8,16-20H,1,9H2,2-7H3/t16?,17-,18?,19-,20+/m1/s1. The van der Waals surface area contributed by atoms with Crippen LogP contribution >= 0.6 is 0 Å². The van der Waals surface area contributed by atoms with E-state index in [2.05, 4.69) is 6.58 Å². The fourth-order valence-electron chi connectivity index (χ4n) is 2.62. The summed E-state index contributed by atoms with van der Waals surface area (Å²) in [4.78, 5) is 69.9. The summed E-state index contributed by atoms with van der Waals surface area (Å²) in [6.45, 7) is 9.20. The first-order valence-electron chi connectivity index (χ1n) is 9.40. The summed E-state index contributed by atoms with van der Waals surface area (Å²) in [7, 11) is 0. The van der Waals surface area contributed by atoms with Crippen LogP contribution in [0.4, 0.5) is 0 Å². The third-order valence-corrected chi connectivity index (χ3v) is 3.55. The molecule has 0 fully saturated rings. The average molecular weight is 460 g/mol. The summed E-state index contributed by atoms with van der Waals surface area (Å²) in [5.41, 5.74) is 0. The number of rotatable bonds is 12. The number of ether oxygens (including phenoxy) is 6. The van der Waals surface area contributed by atoms with Crippen molar-refractivity contribution >= 4 is 35.8 Å². The van der Waals surface area contributed by atoms with Crippen molar-refractivity contribution in [3.05, 3.63) is 12.7 Å². The lowest BCUT2D eigenvalue weighted by atomic mass is 9.97. The molecule has 0 aliphatic rings. The monoisotopic (exact) mass is 460 g/mol. The molecule has 0 heterocycles. The van der Waals surface area contributed by atoms with Crippen molar-refractivity contribution in [2.75, 3.05) is 6.61 Å². The van der Waals surface area contributed by atoms with E-state index in [0.29, 0.717) is 0 Å². The molecule has 12 heteroatoms. The zero-order valence-electron chi connectivity index (χ0n) is 18.8. The Kier molecular flexibility index (Phi) is 12.3. The van der Waals surface area contributed by atoms with E-state index >= 15 is 0 Å². The van der Waals surface area contributed by atoms with Gasteiger partial charge in [-0.15, -0.1) is 0 Å². The highest BCUT2D eigenvalue weighted by Gasteiger charge is 2.47. The van der Waals surface area contributed by atoms with Crippen LogP contribution in [-0.2, 0) is 57.2 Å². The van der Waals surface area contributed by atoms with Crippen molar-refractivity contribution in [1.82, 2.24) is 0 Å². The second kappa shape index (κ2) is 13.8. The zero-order valence-corrected chi connectivity index (χ0v) is 18.8. The summed E-state index contributed by atoms with van der Waals surface area (Å²) < 4.78 is 30.7. The van der Waals surface area contributed by atoms with Crippen molar-refractivity contribution in [3.63, 3.8) is 0 Å². The van der Waals surface area contributed by atoms with Gasteiger partial charge >= 0.3 is 35.8 Å². The second-order valence-electron chi connectivity index (χ2n) is 6.48. The number of carbonyl (C=O) groups excluding carboxylic acids is 6.